The molecule has 0 aromatic heterocycles. The van der Waals surface area contributed by atoms with E-state index in [-0.39, 0.29) is 5.97 Å². The van der Waals surface area contributed by atoms with E-state index < -0.39 is 5.54 Å². The van der Waals surface area contributed by atoms with Gasteiger partial charge in [0.2, 0.25) is 0 Å². The molecular formula is C14H25NO2S. The first-order valence-corrected chi connectivity index (χ1v) is 8.29. The molecule has 2 N–H and O–H groups in total. The van der Waals surface area contributed by atoms with Crippen LogP contribution in [0.1, 0.15) is 51.9 Å². The SMILES string of the molecule is CCOC(=O)C(N)(CSC1CCCCC1)C1CC1. The topological polar surface area (TPSA) is 52.3 Å². The molecule has 2 aliphatic rings. The molecule has 0 radical (unpaired) electrons. The number of rotatable bonds is 6. The molecule has 1 atom stereocenters. The second-order valence-electron chi connectivity index (χ2n) is 5.61. The summed E-state index contributed by atoms with van der Waals surface area (Å²) >= 11 is 1.90. The van der Waals surface area contributed by atoms with Crippen molar-refractivity contribution < 1.29 is 9.53 Å². The molecule has 2 rings (SSSR count). The van der Waals surface area contributed by atoms with Gasteiger partial charge in [0, 0.05) is 11.0 Å². The molecule has 0 heterocycles. The summed E-state index contributed by atoms with van der Waals surface area (Å²) in [4.78, 5) is 12.1. The largest absolute Gasteiger partial charge is 0.465 e. The van der Waals surface area contributed by atoms with Gasteiger partial charge < -0.3 is 10.5 Å². The predicted octanol–water partition coefficient (Wildman–Crippen LogP) is 2.72. The van der Waals surface area contributed by atoms with Gasteiger partial charge in [-0.1, -0.05) is 19.3 Å². The molecule has 2 saturated carbocycles. The summed E-state index contributed by atoms with van der Waals surface area (Å²) in [5.41, 5.74) is 5.63. The fourth-order valence-electron chi connectivity index (χ4n) is 2.69. The number of thioether (sulfide) groups is 1. The lowest BCUT2D eigenvalue weighted by Crippen LogP contribution is -2.53. The number of carbonyl (C=O) groups is 1. The van der Waals surface area contributed by atoms with Gasteiger partial charge in [-0.3, -0.25) is 4.79 Å². The predicted molar refractivity (Wildman–Crippen MR) is 75.6 cm³/mol. The molecule has 0 spiro atoms. The van der Waals surface area contributed by atoms with Crippen molar-refractivity contribution in [2.24, 2.45) is 11.7 Å². The summed E-state index contributed by atoms with van der Waals surface area (Å²) in [5, 5.41) is 0.704. The van der Waals surface area contributed by atoms with E-state index >= 15 is 0 Å². The summed E-state index contributed by atoms with van der Waals surface area (Å²) in [6.45, 7) is 2.28. The molecule has 0 aromatic carbocycles. The Morgan fingerprint density at radius 2 is 1.94 bits per heavy atom. The van der Waals surface area contributed by atoms with E-state index in [0.29, 0.717) is 17.8 Å². The van der Waals surface area contributed by atoms with Crippen molar-refractivity contribution in [3.63, 3.8) is 0 Å². The normalized spacial score (nSPS) is 24.6. The average molecular weight is 271 g/mol. The molecule has 18 heavy (non-hydrogen) atoms. The highest BCUT2D eigenvalue weighted by molar-refractivity contribution is 8.00. The zero-order chi connectivity index (χ0) is 13.0. The third-order valence-electron chi connectivity index (χ3n) is 4.07. The first kappa shape index (κ1) is 14.2. The van der Waals surface area contributed by atoms with Gasteiger partial charge in [-0.2, -0.15) is 11.8 Å². The smallest absolute Gasteiger partial charge is 0.327 e. The second kappa shape index (κ2) is 6.29. The highest BCUT2D eigenvalue weighted by Gasteiger charge is 2.49. The standard InChI is InChI=1S/C14H25NO2S/c1-2-17-13(16)14(15,11-8-9-11)10-18-12-6-4-3-5-7-12/h11-12H,2-10,15H2,1H3. The molecule has 2 aliphatic carbocycles. The Morgan fingerprint density at radius 1 is 1.28 bits per heavy atom. The number of nitrogens with two attached hydrogens (primary N) is 1. The Morgan fingerprint density at radius 3 is 2.50 bits per heavy atom. The lowest BCUT2D eigenvalue weighted by Gasteiger charge is -2.29. The molecule has 4 heteroatoms. The minimum Gasteiger partial charge on any atom is -0.465 e. The van der Waals surface area contributed by atoms with Gasteiger partial charge >= 0.3 is 5.97 Å². The molecule has 0 amide bonds. The maximum Gasteiger partial charge on any atom is 0.327 e. The number of ether oxygens (including phenoxy) is 1. The Kier molecular flexibility index (Phi) is 4.96. The third kappa shape index (κ3) is 3.41. The van der Waals surface area contributed by atoms with Crippen LogP contribution in [0.3, 0.4) is 0 Å². The van der Waals surface area contributed by atoms with Crippen LogP contribution in [0, 0.1) is 5.92 Å². The minimum atomic E-state index is -0.724. The second-order valence-corrected chi connectivity index (χ2v) is 6.89. The fraction of sp³-hybridized carbons (Fsp3) is 0.929. The Balaban J connectivity index is 1.87. The Bertz CT molecular complexity index is 288. The molecule has 104 valence electrons. The van der Waals surface area contributed by atoms with E-state index in [1.807, 2.05) is 18.7 Å². The molecular weight excluding hydrogens is 246 g/mol. The van der Waals surface area contributed by atoms with Gasteiger partial charge in [-0.05, 0) is 38.5 Å². The van der Waals surface area contributed by atoms with Crippen LogP contribution in [0.4, 0.5) is 0 Å². The maximum atomic E-state index is 12.1. The van der Waals surface area contributed by atoms with Crippen molar-refractivity contribution >= 4 is 17.7 Å². The van der Waals surface area contributed by atoms with Gasteiger partial charge in [0.25, 0.3) is 0 Å². The van der Waals surface area contributed by atoms with Crippen molar-refractivity contribution in [2.75, 3.05) is 12.4 Å². The molecule has 0 aliphatic heterocycles. The van der Waals surface area contributed by atoms with Crippen molar-refractivity contribution in [2.45, 2.75) is 62.7 Å². The van der Waals surface area contributed by atoms with Crippen LogP contribution < -0.4 is 5.73 Å². The molecule has 1 unspecified atom stereocenters. The van der Waals surface area contributed by atoms with Crippen molar-refractivity contribution in [1.29, 1.82) is 0 Å². The van der Waals surface area contributed by atoms with Crippen LogP contribution in [0.25, 0.3) is 0 Å². The zero-order valence-electron chi connectivity index (χ0n) is 11.3. The van der Waals surface area contributed by atoms with E-state index in [1.54, 1.807) is 0 Å². The number of hydrogen-bond donors (Lipinski definition) is 1. The van der Waals surface area contributed by atoms with Gasteiger partial charge in [0.05, 0.1) is 6.61 Å². The van der Waals surface area contributed by atoms with E-state index in [2.05, 4.69) is 0 Å². The minimum absolute atomic E-state index is 0.184. The number of carbonyl (C=O) groups excluding carboxylic acids is 1. The van der Waals surface area contributed by atoms with E-state index in [0.717, 1.165) is 18.6 Å². The van der Waals surface area contributed by atoms with Crippen molar-refractivity contribution in [1.82, 2.24) is 0 Å². The van der Waals surface area contributed by atoms with Crippen LogP contribution in [0.2, 0.25) is 0 Å². The quantitative estimate of drug-likeness (QED) is 0.755. The van der Waals surface area contributed by atoms with E-state index in [1.165, 1.54) is 32.1 Å². The third-order valence-corrected chi connectivity index (χ3v) is 5.66. The summed E-state index contributed by atoms with van der Waals surface area (Å²) in [5.74, 6) is 0.907. The molecule has 0 aromatic rings. The van der Waals surface area contributed by atoms with Crippen molar-refractivity contribution in [3.05, 3.63) is 0 Å². The Hall–Kier alpha value is -0.220. The fourth-order valence-corrected chi connectivity index (χ4v) is 4.23. The summed E-state index contributed by atoms with van der Waals surface area (Å²) in [6, 6.07) is 0. The van der Waals surface area contributed by atoms with Crippen LogP contribution in [0.15, 0.2) is 0 Å². The Labute approximate surface area is 114 Å². The van der Waals surface area contributed by atoms with E-state index in [9.17, 15) is 4.79 Å². The van der Waals surface area contributed by atoms with Crippen LogP contribution in [0.5, 0.6) is 0 Å². The van der Waals surface area contributed by atoms with Crippen LogP contribution >= 0.6 is 11.8 Å². The van der Waals surface area contributed by atoms with Crippen molar-refractivity contribution in [3.8, 4) is 0 Å². The first-order valence-electron chi connectivity index (χ1n) is 7.24. The van der Waals surface area contributed by atoms with Gasteiger partial charge in [-0.15, -0.1) is 0 Å². The molecule has 2 fully saturated rings. The average Bonchev–Trinajstić information content (AvgIpc) is 3.22. The highest BCUT2D eigenvalue weighted by Crippen LogP contribution is 2.42. The lowest BCUT2D eigenvalue weighted by atomic mass is 9.97. The number of hydrogen-bond acceptors (Lipinski definition) is 4. The molecule has 0 bridgehead atoms. The van der Waals surface area contributed by atoms with Gasteiger partial charge in [0.1, 0.15) is 5.54 Å². The summed E-state index contributed by atoms with van der Waals surface area (Å²) in [6.07, 6.45) is 8.77. The molecule has 0 saturated heterocycles. The first-order chi connectivity index (χ1) is 8.66. The van der Waals surface area contributed by atoms with Gasteiger partial charge in [-0.25, -0.2) is 0 Å². The van der Waals surface area contributed by atoms with Gasteiger partial charge in [0.15, 0.2) is 0 Å². The summed E-state index contributed by atoms with van der Waals surface area (Å²) < 4.78 is 5.17. The molecule has 3 nitrogen and oxygen atoms in total. The lowest BCUT2D eigenvalue weighted by molar-refractivity contribution is -0.149. The van der Waals surface area contributed by atoms with Crippen LogP contribution in [-0.2, 0) is 9.53 Å². The van der Waals surface area contributed by atoms with E-state index in [4.69, 9.17) is 10.5 Å². The number of esters is 1. The van der Waals surface area contributed by atoms with Crippen LogP contribution in [-0.4, -0.2) is 29.1 Å². The monoisotopic (exact) mass is 271 g/mol. The highest BCUT2D eigenvalue weighted by atomic mass is 32.2. The summed E-state index contributed by atoms with van der Waals surface area (Å²) in [7, 11) is 0. The zero-order valence-corrected chi connectivity index (χ0v) is 12.1. The maximum absolute atomic E-state index is 12.1.